The molecule has 2 spiro atoms. The van der Waals surface area contributed by atoms with Gasteiger partial charge in [-0.3, -0.25) is 28.8 Å². The zero-order chi connectivity index (χ0) is 38.7. The number of carbonyl (C=O) groups is 6. The van der Waals surface area contributed by atoms with Crippen LogP contribution >= 0.6 is 12.4 Å². The third-order valence-electron chi connectivity index (χ3n) is 11.9. The first-order valence-corrected chi connectivity index (χ1v) is 18.8. The van der Waals surface area contributed by atoms with Crippen molar-refractivity contribution in [1.82, 2.24) is 10.2 Å². The molecule has 0 unspecified atom stereocenters. The molecule has 2 saturated heterocycles. The largest absolute Gasteiger partial charge is 0.336 e. The first kappa shape index (κ1) is 42.4. The van der Waals surface area contributed by atoms with Crippen LogP contribution in [0.1, 0.15) is 128 Å². The van der Waals surface area contributed by atoms with E-state index in [1.165, 1.54) is 11.8 Å². The van der Waals surface area contributed by atoms with Crippen LogP contribution in [0, 0.1) is 62.2 Å². The van der Waals surface area contributed by atoms with Crippen LogP contribution in [0.25, 0.3) is 0 Å². The van der Waals surface area contributed by atoms with Gasteiger partial charge in [0.15, 0.2) is 0 Å². The van der Waals surface area contributed by atoms with Crippen molar-refractivity contribution in [1.29, 1.82) is 0 Å². The third kappa shape index (κ3) is 8.94. The summed E-state index contributed by atoms with van der Waals surface area (Å²) in [4.78, 5) is 76.9. The smallest absolute Gasteiger partial charge is 0.289 e. The molecule has 9 heteroatoms. The summed E-state index contributed by atoms with van der Waals surface area (Å²) in [5, 5.41) is 3.33. The van der Waals surface area contributed by atoms with E-state index in [9.17, 15) is 28.8 Å². The zero-order valence-corrected chi connectivity index (χ0v) is 33.6. The van der Waals surface area contributed by atoms with Crippen LogP contribution in [0.4, 0.5) is 0 Å². The van der Waals surface area contributed by atoms with Crippen molar-refractivity contribution in [3.8, 4) is 23.7 Å². The molecule has 6 rings (SSSR count). The number of rotatable bonds is 3. The van der Waals surface area contributed by atoms with Gasteiger partial charge in [-0.05, 0) is 149 Å². The van der Waals surface area contributed by atoms with Gasteiger partial charge in [0.25, 0.3) is 5.91 Å². The summed E-state index contributed by atoms with van der Waals surface area (Å²) in [5.41, 5.74) is 6.94. The molecule has 2 aliphatic carbocycles. The molecule has 1 N–H and O–H groups in total. The topological polar surface area (TPSA) is 118 Å². The Bertz CT molecular complexity index is 1910. The average Bonchev–Trinajstić information content (AvgIpc) is 3.07. The zero-order valence-electron chi connectivity index (χ0n) is 32.8. The number of benzene rings is 2. The van der Waals surface area contributed by atoms with Crippen LogP contribution < -0.4 is 5.32 Å². The van der Waals surface area contributed by atoms with Crippen molar-refractivity contribution in [2.24, 2.45) is 10.8 Å². The standard InChI is InChI=1S/C24H27NO4.C21H25NO2.ClH/c1-5-6-18-11-15(2)21(16(3)12-18)22-19(27)13-24(14-20(22)28)7-9-25(10-8-24)23(29)17(4)26;1-4-5-16-10-14(2)19(15(3)11-16)20-17(23)12-21(13-18(20)24)6-8-22-9-7-21;/h11-12,22H,7-10,13-14H2,1-4H3;10-11,20,22H,6-9,12-13H2,1-3H3;1H. The van der Waals surface area contributed by atoms with E-state index in [1.54, 1.807) is 6.92 Å². The number of piperidine rings is 2. The maximum absolute atomic E-state index is 13.1. The van der Waals surface area contributed by atoms with Gasteiger partial charge in [0.05, 0.1) is 0 Å². The first-order chi connectivity index (χ1) is 25.1. The summed E-state index contributed by atoms with van der Waals surface area (Å²) in [6.45, 7) is 15.4. The van der Waals surface area contributed by atoms with Gasteiger partial charge in [0, 0.05) is 56.8 Å². The van der Waals surface area contributed by atoms with Crippen molar-refractivity contribution in [2.75, 3.05) is 26.2 Å². The summed E-state index contributed by atoms with van der Waals surface area (Å²) in [7, 11) is 0. The molecule has 2 aromatic carbocycles. The minimum Gasteiger partial charge on any atom is -0.336 e. The predicted molar refractivity (Wildman–Crippen MR) is 212 cm³/mol. The molecule has 4 aliphatic rings. The van der Waals surface area contributed by atoms with Crippen molar-refractivity contribution in [3.63, 3.8) is 0 Å². The lowest BCUT2D eigenvalue weighted by Gasteiger charge is -2.44. The van der Waals surface area contributed by atoms with Gasteiger partial charge in [0.1, 0.15) is 35.0 Å². The van der Waals surface area contributed by atoms with Crippen molar-refractivity contribution in [3.05, 3.63) is 68.8 Å². The number of nitrogens with one attached hydrogen (secondary N) is 1. The van der Waals surface area contributed by atoms with Gasteiger partial charge >= 0.3 is 0 Å². The molecule has 2 aliphatic heterocycles. The Kier molecular flexibility index (Phi) is 13.7. The van der Waals surface area contributed by atoms with E-state index in [-0.39, 0.29) is 46.4 Å². The molecule has 2 heterocycles. The number of amides is 1. The second kappa shape index (κ2) is 17.4. The Balaban J connectivity index is 0.000000240. The lowest BCUT2D eigenvalue weighted by molar-refractivity contribution is -0.147. The first-order valence-electron chi connectivity index (χ1n) is 18.8. The van der Waals surface area contributed by atoms with Crippen LogP contribution in [0.2, 0.25) is 0 Å². The van der Waals surface area contributed by atoms with Gasteiger partial charge in [-0.15, -0.1) is 24.2 Å². The van der Waals surface area contributed by atoms with Crippen molar-refractivity contribution in [2.45, 2.75) is 112 Å². The fourth-order valence-corrected chi connectivity index (χ4v) is 9.38. The Morgan fingerprint density at radius 3 is 1.28 bits per heavy atom. The van der Waals surface area contributed by atoms with Crippen LogP contribution in [0.15, 0.2) is 24.3 Å². The van der Waals surface area contributed by atoms with Gasteiger partial charge in [-0.2, -0.15) is 0 Å². The lowest BCUT2D eigenvalue weighted by atomic mass is 9.62. The van der Waals surface area contributed by atoms with Gasteiger partial charge in [-0.25, -0.2) is 0 Å². The van der Waals surface area contributed by atoms with Gasteiger partial charge in [0.2, 0.25) is 5.78 Å². The van der Waals surface area contributed by atoms with E-state index in [0.717, 1.165) is 70.4 Å². The molecule has 1 amide bonds. The third-order valence-corrected chi connectivity index (χ3v) is 11.9. The van der Waals surface area contributed by atoms with Crippen molar-refractivity contribution >= 4 is 47.2 Å². The number of hydrogen-bond donors (Lipinski definition) is 1. The van der Waals surface area contributed by atoms with E-state index in [0.29, 0.717) is 51.6 Å². The van der Waals surface area contributed by atoms with Crippen LogP contribution in [0.3, 0.4) is 0 Å². The summed E-state index contributed by atoms with van der Waals surface area (Å²) in [6, 6.07) is 7.87. The molecule has 2 aromatic rings. The molecule has 0 bridgehead atoms. The minimum atomic E-state index is -0.707. The number of nitrogens with zero attached hydrogens (tertiary/aromatic N) is 1. The summed E-state index contributed by atoms with van der Waals surface area (Å²) in [5.74, 6) is 9.79. The van der Waals surface area contributed by atoms with Gasteiger partial charge in [-0.1, -0.05) is 11.8 Å². The molecular weight excluding hydrogens is 700 g/mol. The fourth-order valence-electron chi connectivity index (χ4n) is 9.38. The second-order valence-electron chi connectivity index (χ2n) is 15.8. The van der Waals surface area contributed by atoms with E-state index >= 15 is 0 Å². The fraction of sp³-hybridized carbons (Fsp3) is 0.511. The molecule has 0 radical (unpaired) electrons. The van der Waals surface area contributed by atoms with E-state index < -0.39 is 23.5 Å². The number of hydrogen-bond acceptors (Lipinski definition) is 7. The van der Waals surface area contributed by atoms with Gasteiger partial charge < -0.3 is 10.2 Å². The Morgan fingerprint density at radius 2 is 0.963 bits per heavy atom. The second-order valence-corrected chi connectivity index (χ2v) is 15.8. The predicted octanol–water partition coefficient (Wildman–Crippen LogP) is 6.37. The quantitative estimate of drug-likeness (QED) is 0.220. The number of carbonyl (C=O) groups excluding carboxylic acids is 6. The summed E-state index contributed by atoms with van der Waals surface area (Å²) >= 11 is 0. The Morgan fingerprint density at radius 1 is 0.630 bits per heavy atom. The van der Waals surface area contributed by atoms with E-state index in [1.807, 2.05) is 58.9 Å². The maximum Gasteiger partial charge on any atom is 0.289 e. The number of ketones is 5. The van der Waals surface area contributed by atoms with E-state index in [4.69, 9.17) is 0 Å². The average molecular weight is 753 g/mol. The van der Waals surface area contributed by atoms with Crippen LogP contribution in [-0.2, 0) is 28.8 Å². The molecule has 8 nitrogen and oxygen atoms in total. The molecule has 54 heavy (non-hydrogen) atoms. The van der Waals surface area contributed by atoms with Crippen molar-refractivity contribution < 1.29 is 28.8 Å². The van der Waals surface area contributed by atoms with Crippen LogP contribution in [0.5, 0.6) is 0 Å². The minimum absolute atomic E-state index is 0. The normalized spacial score (nSPS) is 20.5. The highest BCUT2D eigenvalue weighted by Crippen LogP contribution is 2.47. The molecular formula is C45H53ClN2O6. The monoisotopic (exact) mass is 752 g/mol. The SMILES string of the molecule is CC#Cc1cc(C)c(C2C(=O)CC3(CCN(C(=O)C(C)=O)CC3)CC2=O)c(C)c1.CC#Cc1cc(C)c(C2C(=O)CC3(CCNCC3)CC2=O)c(C)c1.Cl. The molecule has 286 valence electrons. The maximum atomic E-state index is 13.1. The molecule has 0 atom stereocenters. The number of halogens is 1. The lowest BCUT2D eigenvalue weighted by Crippen LogP contribution is -2.49. The molecule has 4 fully saturated rings. The highest BCUT2D eigenvalue weighted by molar-refractivity contribution is 6.35. The number of aryl methyl sites for hydroxylation is 4. The number of Topliss-reactive ketones (excluding diaryl/α,β-unsaturated/α-hetero) is 5. The highest BCUT2D eigenvalue weighted by Gasteiger charge is 2.48. The summed E-state index contributed by atoms with van der Waals surface area (Å²) < 4.78 is 0. The van der Waals surface area contributed by atoms with E-state index in [2.05, 4.69) is 29.0 Å². The Hall–Kier alpha value is -4.37. The molecule has 0 aromatic heterocycles. The van der Waals surface area contributed by atoms with Crippen LogP contribution in [-0.4, -0.2) is 65.9 Å². The summed E-state index contributed by atoms with van der Waals surface area (Å²) in [6.07, 6.45) is 4.81. The highest BCUT2D eigenvalue weighted by atomic mass is 35.5. The number of likely N-dealkylation sites (tertiary alicyclic amines) is 1. The molecule has 2 saturated carbocycles. The Labute approximate surface area is 326 Å².